The summed E-state index contributed by atoms with van der Waals surface area (Å²) in [6.07, 6.45) is 4.28. The summed E-state index contributed by atoms with van der Waals surface area (Å²) < 4.78 is 21.3. The maximum Gasteiger partial charge on any atom is 0.165 e. The minimum atomic E-state index is -0.319. The number of benzene rings is 1. The second kappa shape index (κ2) is 7.05. The van der Waals surface area contributed by atoms with Gasteiger partial charge in [-0.25, -0.2) is 9.37 Å². The number of nitrogens with one attached hydrogen (secondary N) is 1. The van der Waals surface area contributed by atoms with Crippen molar-refractivity contribution in [3.63, 3.8) is 0 Å². The highest BCUT2D eigenvalue weighted by Crippen LogP contribution is 2.18. The molecule has 0 atom stereocenters. The van der Waals surface area contributed by atoms with E-state index in [1.165, 1.54) is 6.07 Å². The van der Waals surface area contributed by atoms with E-state index in [4.69, 9.17) is 4.74 Å². The molecular weight excluding hydrogens is 257 g/mol. The van der Waals surface area contributed by atoms with Crippen LogP contribution >= 0.6 is 0 Å². The summed E-state index contributed by atoms with van der Waals surface area (Å²) in [7, 11) is 1.93. The van der Waals surface area contributed by atoms with Crippen molar-refractivity contribution in [1.82, 2.24) is 14.9 Å². The molecule has 4 nitrogen and oxygen atoms in total. The molecule has 2 aromatic rings. The molecule has 0 unspecified atom stereocenters. The third kappa shape index (κ3) is 3.81. The van der Waals surface area contributed by atoms with Crippen molar-refractivity contribution in [1.29, 1.82) is 0 Å². The van der Waals surface area contributed by atoms with Crippen molar-refractivity contribution in [2.24, 2.45) is 7.05 Å². The third-order valence-corrected chi connectivity index (χ3v) is 3.08. The molecule has 0 saturated carbocycles. The van der Waals surface area contributed by atoms with E-state index in [-0.39, 0.29) is 5.82 Å². The monoisotopic (exact) mass is 277 g/mol. The van der Waals surface area contributed by atoms with Gasteiger partial charge in [0.1, 0.15) is 5.82 Å². The molecule has 1 aromatic heterocycles. The molecule has 0 spiro atoms. The Balaban J connectivity index is 1.88. The van der Waals surface area contributed by atoms with Gasteiger partial charge in [0, 0.05) is 32.4 Å². The predicted octanol–water partition coefficient (Wildman–Crippen LogP) is 2.29. The van der Waals surface area contributed by atoms with E-state index >= 15 is 0 Å². The SMILES string of the molecule is CCNCc1ccc(OCCc2nccn2C)c(F)c1. The van der Waals surface area contributed by atoms with Crippen LogP contribution in [0.1, 0.15) is 18.3 Å². The van der Waals surface area contributed by atoms with Crippen LogP contribution in [-0.2, 0) is 20.0 Å². The number of halogens is 1. The lowest BCUT2D eigenvalue weighted by Gasteiger charge is -2.09. The molecule has 2 rings (SSSR count). The fraction of sp³-hybridized carbons (Fsp3) is 0.400. The Labute approximate surface area is 118 Å². The first-order valence-corrected chi connectivity index (χ1v) is 6.79. The van der Waals surface area contributed by atoms with E-state index in [2.05, 4.69) is 10.3 Å². The van der Waals surface area contributed by atoms with E-state index in [0.717, 1.165) is 17.9 Å². The molecule has 0 aliphatic carbocycles. The van der Waals surface area contributed by atoms with Gasteiger partial charge in [0.2, 0.25) is 0 Å². The van der Waals surface area contributed by atoms with Gasteiger partial charge < -0.3 is 14.6 Å². The molecule has 1 N–H and O–H groups in total. The van der Waals surface area contributed by atoms with Gasteiger partial charge in [0.05, 0.1) is 6.61 Å². The molecule has 0 fully saturated rings. The van der Waals surface area contributed by atoms with Crippen LogP contribution in [0.2, 0.25) is 0 Å². The Hall–Kier alpha value is -1.88. The smallest absolute Gasteiger partial charge is 0.165 e. The van der Waals surface area contributed by atoms with Gasteiger partial charge in [-0.05, 0) is 24.2 Å². The fourth-order valence-corrected chi connectivity index (χ4v) is 1.93. The van der Waals surface area contributed by atoms with Crippen LogP contribution in [0.25, 0.3) is 0 Å². The molecule has 1 aromatic carbocycles. The molecule has 0 amide bonds. The van der Waals surface area contributed by atoms with E-state index < -0.39 is 0 Å². The largest absolute Gasteiger partial charge is 0.490 e. The first-order chi connectivity index (χ1) is 9.70. The highest BCUT2D eigenvalue weighted by molar-refractivity contribution is 5.29. The first-order valence-electron chi connectivity index (χ1n) is 6.79. The van der Waals surface area contributed by atoms with Crippen LogP contribution in [0, 0.1) is 5.82 Å². The van der Waals surface area contributed by atoms with E-state index in [1.807, 2.05) is 30.8 Å². The van der Waals surface area contributed by atoms with Crippen molar-refractivity contribution >= 4 is 0 Å². The highest BCUT2D eigenvalue weighted by atomic mass is 19.1. The number of ether oxygens (including phenoxy) is 1. The van der Waals surface area contributed by atoms with E-state index in [0.29, 0.717) is 25.3 Å². The lowest BCUT2D eigenvalue weighted by Crippen LogP contribution is -2.12. The van der Waals surface area contributed by atoms with Crippen molar-refractivity contribution in [3.8, 4) is 5.75 Å². The van der Waals surface area contributed by atoms with E-state index in [9.17, 15) is 4.39 Å². The second-order valence-corrected chi connectivity index (χ2v) is 4.60. The number of imidazole rings is 1. The maximum absolute atomic E-state index is 13.8. The van der Waals surface area contributed by atoms with Gasteiger partial charge in [-0.2, -0.15) is 0 Å². The number of hydrogen-bond donors (Lipinski definition) is 1. The van der Waals surface area contributed by atoms with Gasteiger partial charge in [-0.3, -0.25) is 0 Å². The van der Waals surface area contributed by atoms with Crippen molar-refractivity contribution in [3.05, 3.63) is 47.8 Å². The molecule has 108 valence electrons. The number of nitrogens with zero attached hydrogens (tertiary/aromatic N) is 2. The third-order valence-electron chi connectivity index (χ3n) is 3.08. The summed E-state index contributed by atoms with van der Waals surface area (Å²) in [5.74, 6) is 0.897. The van der Waals surface area contributed by atoms with Gasteiger partial charge >= 0.3 is 0 Å². The first kappa shape index (κ1) is 14.5. The predicted molar refractivity (Wildman–Crippen MR) is 76.2 cm³/mol. The summed E-state index contributed by atoms with van der Waals surface area (Å²) in [4.78, 5) is 4.20. The zero-order valence-corrected chi connectivity index (χ0v) is 11.9. The molecule has 0 radical (unpaired) electrons. The van der Waals surface area contributed by atoms with E-state index in [1.54, 1.807) is 12.3 Å². The Morgan fingerprint density at radius 1 is 1.40 bits per heavy atom. The normalized spacial score (nSPS) is 10.8. The average molecular weight is 277 g/mol. The van der Waals surface area contributed by atoms with Crippen LogP contribution < -0.4 is 10.1 Å². The van der Waals surface area contributed by atoms with Gasteiger partial charge in [0.15, 0.2) is 11.6 Å². The number of aromatic nitrogens is 2. The Morgan fingerprint density at radius 3 is 2.90 bits per heavy atom. The lowest BCUT2D eigenvalue weighted by molar-refractivity contribution is 0.301. The topological polar surface area (TPSA) is 39.1 Å². The van der Waals surface area contributed by atoms with Crippen LogP contribution in [0.5, 0.6) is 5.75 Å². The number of hydrogen-bond acceptors (Lipinski definition) is 3. The van der Waals surface area contributed by atoms with Gasteiger partial charge in [-0.15, -0.1) is 0 Å². The van der Waals surface area contributed by atoms with Crippen molar-refractivity contribution in [2.45, 2.75) is 19.9 Å². The molecule has 0 aliphatic heterocycles. The quantitative estimate of drug-likeness (QED) is 0.844. The molecule has 0 saturated heterocycles. The average Bonchev–Trinajstić information content (AvgIpc) is 2.84. The minimum absolute atomic E-state index is 0.291. The summed E-state index contributed by atoms with van der Waals surface area (Å²) in [6, 6.07) is 5.07. The molecular formula is C15H20FN3O. The Bertz CT molecular complexity index is 554. The zero-order valence-electron chi connectivity index (χ0n) is 11.9. The highest BCUT2D eigenvalue weighted by Gasteiger charge is 2.06. The fourth-order valence-electron chi connectivity index (χ4n) is 1.93. The summed E-state index contributed by atoms with van der Waals surface area (Å²) in [5.41, 5.74) is 0.917. The molecule has 5 heteroatoms. The van der Waals surface area contributed by atoms with Crippen LogP contribution in [0.15, 0.2) is 30.6 Å². The van der Waals surface area contributed by atoms with Crippen molar-refractivity contribution < 1.29 is 9.13 Å². The second-order valence-electron chi connectivity index (χ2n) is 4.60. The molecule has 1 heterocycles. The van der Waals surface area contributed by atoms with Crippen LogP contribution in [0.3, 0.4) is 0 Å². The minimum Gasteiger partial charge on any atom is -0.490 e. The summed E-state index contributed by atoms with van der Waals surface area (Å²) >= 11 is 0. The summed E-state index contributed by atoms with van der Waals surface area (Å²) in [5, 5.41) is 3.16. The Morgan fingerprint density at radius 2 is 2.25 bits per heavy atom. The summed E-state index contributed by atoms with van der Waals surface area (Å²) in [6.45, 7) is 3.96. The maximum atomic E-state index is 13.8. The van der Waals surface area contributed by atoms with Crippen LogP contribution in [0.4, 0.5) is 4.39 Å². The lowest BCUT2D eigenvalue weighted by atomic mass is 10.2. The number of rotatable bonds is 7. The standard InChI is InChI=1S/C15H20FN3O/c1-3-17-11-12-4-5-14(13(16)10-12)20-9-6-15-18-7-8-19(15)2/h4-5,7-8,10,17H,3,6,9,11H2,1-2H3. The van der Waals surface area contributed by atoms with Crippen molar-refractivity contribution in [2.75, 3.05) is 13.2 Å². The molecule has 0 bridgehead atoms. The van der Waals surface area contributed by atoms with Crippen LogP contribution in [-0.4, -0.2) is 22.7 Å². The van der Waals surface area contributed by atoms with Gasteiger partial charge in [0.25, 0.3) is 0 Å². The molecule has 0 aliphatic rings. The zero-order chi connectivity index (χ0) is 14.4. The Kier molecular flexibility index (Phi) is 5.12. The number of aryl methyl sites for hydroxylation is 1. The van der Waals surface area contributed by atoms with Gasteiger partial charge in [-0.1, -0.05) is 13.0 Å². The molecule has 20 heavy (non-hydrogen) atoms.